The molecule has 116 valence electrons. The molecule has 0 aliphatic heterocycles. The summed E-state index contributed by atoms with van der Waals surface area (Å²) < 4.78 is 18.1. The predicted molar refractivity (Wildman–Crippen MR) is 78.6 cm³/mol. The van der Waals surface area contributed by atoms with Crippen molar-refractivity contribution in [1.29, 1.82) is 0 Å². The van der Waals surface area contributed by atoms with E-state index in [1.165, 1.54) is 24.3 Å². The van der Waals surface area contributed by atoms with Gasteiger partial charge in [-0.05, 0) is 38.5 Å². The van der Waals surface area contributed by atoms with Gasteiger partial charge in [0.1, 0.15) is 17.3 Å². The van der Waals surface area contributed by atoms with Gasteiger partial charge in [0.05, 0.1) is 12.0 Å². The van der Waals surface area contributed by atoms with Crippen molar-refractivity contribution < 1.29 is 18.4 Å². The van der Waals surface area contributed by atoms with E-state index in [0.717, 1.165) is 5.56 Å². The molecule has 0 atom stereocenters. The van der Waals surface area contributed by atoms with Crippen LogP contribution >= 0.6 is 0 Å². The first-order chi connectivity index (χ1) is 10.4. The fourth-order valence-electron chi connectivity index (χ4n) is 2.15. The fraction of sp³-hybridized carbons (Fsp3) is 0.250. The number of carbonyl (C=O) groups is 2. The number of carbonyl (C=O) groups excluding carboxylic acids is 2. The highest BCUT2D eigenvalue weighted by Crippen LogP contribution is 2.20. The third kappa shape index (κ3) is 3.52. The highest BCUT2D eigenvalue weighted by molar-refractivity contribution is 5.97. The topological polar surface area (TPSA) is 71.3 Å². The van der Waals surface area contributed by atoms with Crippen molar-refractivity contribution in [3.8, 4) is 0 Å². The summed E-state index contributed by atoms with van der Waals surface area (Å²) in [6.45, 7) is 5.24. The van der Waals surface area contributed by atoms with Crippen LogP contribution in [0.2, 0.25) is 0 Å². The average molecular weight is 304 g/mol. The second kappa shape index (κ2) is 6.43. The Balaban J connectivity index is 1.93. The van der Waals surface area contributed by atoms with E-state index in [1.54, 1.807) is 20.8 Å². The van der Waals surface area contributed by atoms with E-state index in [0.29, 0.717) is 22.6 Å². The summed E-state index contributed by atoms with van der Waals surface area (Å²) in [6.07, 6.45) is 0.0446. The minimum absolute atomic E-state index is 0.0446. The summed E-state index contributed by atoms with van der Waals surface area (Å²) in [5.41, 5.74) is 6.49. The Labute approximate surface area is 127 Å². The first-order valence-electron chi connectivity index (χ1n) is 6.78. The van der Waals surface area contributed by atoms with E-state index in [1.807, 2.05) is 0 Å². The minimum atomic E-state index is -0.431. The van der Waals surface area contributed by atoms with Crippen molar-refractivity contribution in [2.45, 2.75) is 27.2 Å². The average Bonchev–Trinajstić information content (AvgIpc) is 2.72. The molecular weight excluding hydrogens is 287 g/mol. The van der Waals surface area contributed by atoms with Gasteiger partial charge in [0, 0.05) is 5.56 Å². The number of rotatable bonds is 3. The number of hydrogen-bond donors (Lipinski definition) is 2. The van der Waals surface area contributed by atoms with Gasteiger partial charge >= 0.3 is 0 Å². The van der Waals surface area contributed by atoms with Crippen molar-refractivity contribution in [3.63, 3.8) is 0 Å². The number of aryl methyl sites for hydroxylation is 2. The molecule has 0 bridgehead atoms. The summed E-state index contributed by atoms with van der Waals surface area (Å²) >= 11 is 0. The Morgan fingerprint density at radius 1 is 1.05 bits per heavy atom. The van der Waals surface area contributed by atoms with Gasteiger partial charge in [0.25, 0.3) is 5.91 Å². The van der Waals surface area contributed by atoms with Crippen LogP contribution in [0.3, 0.4) is 0 Å². The number of furan rings is 1. The first kappa shape index (κ1) is 15.8. The minimum Gasteiger partial charge on any atom is -0.466 e. The molecule has 1 aromatic carbocycles. The SMILES string of the molecule is Cc1oc(C)c(C(=O)NNC(=O)Cc2ccc(F)cc2)c1C. The van der Waals surface area contributed by atoms with E-state index >= 15 is 0 Å². The summed E-state index contributed by atoms with van der Waals surface area (Å²) in [5.74, 6) is -0.0194. The van der Waals surface area contributed by atoms with Gasteiger partial charge in [0.2, 0.25) is 5.91 Å². The smallest absolute Gasteiger partial charge is 0.273 e. The van der Waals surface area contributed by atoms with Crippen LogP contribution in [0.15, 0.2) is 28.7 Å². The molecule has 0 radical (unpaired) electrons. The normalized spacial score (nSPS) is 10.4. The highest BCUT2D eigenvalue weighted by Gasteiger charge is 2.18. The number of hydrogen-bond acceptors (Lipinski definition) is 3. The fourth-order valence-corrected chi connectivity index (χ4v) is 2.15. The van der Waals surface area contributed by atoms with Crippen molar-refractivity contribution in [2.24, 2.45) is 0 Å². The Hall–Kier alpha value is -2.63. The third-order valence-corrected chi connectivity index (χ3v) is 3.38. The molecule has 0 aliphatic rings. The molecule has 0 saturated carbocycles. The zero-order valence-electron chi connectivity index (χ0n) is 12.6. The van der Waals surface area contributed by atoms with Gasteiger partial charge in [-0.25, -0.2) is 4.39 Å². The summed E-state index contributed by atoms with van der Waals surface area (Å²) in [4.78, 5) is 23.8. The lowest BCUT2D eigenvalue weighted by atomic mass is 10.1. The molecule has 22 heavy (non-hydrogen) atoms. The maximum absolute atomic E-state index is 12.8. The number of amides is 2. The maximum Gasteiger partial charge on any atom is 0.273 e. The maximum atomic E-state index is 12.8. The zero-order chi connectivity index (χ0) is 16.3. The third-order valence-electron chi connectivity index (χ3n) is 3.38. The second-order valence-corrected chi connectivity index (χ2v) is 5.02. The van der Waals surface area contributed by atoms with Gasteiger partial charge in [-0.1, -0.05) is 12.1 Å². The molecule has 2 rings (SSSR count). The van der Waals surface area contributed by atoms with E-state index in [2.05, 4.69) is 10.9 Å². The quantitative estimate of drug-likeness (QED) is 0.855. The van der Waals surface area contributed by atoms with Gasteiger partial charge < -0.3 is 4.42 Å². The van der Waals surface area contributed by atoms with Crippen LogP contribution in [0.1, 0.15) is 33.0 Å². The van der Waals surface area contributed by atoms with Gasteiger partial charge in [-0.15, -0.1) is 0 Å². The van der Waals surface area contributed by atoms with Crippen LogP contribution in [0.25, 0.3) is 0 Å². The lowest BCUT2D eigenvalue weighted by Crippen LogP contribution is -2.42. The van der Waals surface area contributed by atoms with E-state index in [9.17, 15) is 14.0 Å². The van der Waals surface area contributed by atoms with E-state index in [4.69, 9.17) is 4.42 Å². The molecule has 2 amide bonds. The monoisotopic (exact) mass is 304 g/mol. The van der Waals surface area contributed by atoms with Crippen LogP contribution < -0.4 is 10.9 Å². The number of nitrogens with one attached hydrogen (secondary N) is 2. The van der Waals surface area contributed by atoms with Gasteiger partial charge in [0.15, 0.2) is 0 Å². The lowest BCUT2D eigenvalue weighted by Gasteiger charge is -2.07. The second-order valence-electron chi connectivity index (χ2n) is 5.02. The molecule has 2 aromatic rings. The largest absolute Gasteiger partial charge is 0.466 e. The lowest BCUT2D eigenvalue weighted by molar-refractivity contribution is -0.121. The molecule has 5 nitrogen and oxygen atoms in total. The molecule has 1 heterocycles. The van der Waals surface area contributed by atoms with E-state index < -0.39 is 11.8 Å². The molecule has 0 spiro atoms. The number of hydrazine groups is 1. The van der Waals surface area contributed by atoms with Crippen LogP contribution in [0, 0.1) is 26.6 Å². The van der Waals surface area contributed by atoms with Crippen LogP contribution in [-0.4, -0.2) is 11.8 Å². The molecule has 2 N–H and O–H groups in total. The predicted octanol–water partition coefficient (Wildman–Crippen LogP) is 2.35. The molecule has 0 saturated heterocycles. The molecule has 0 unspecified atom stereocenters. The summed E-state index contributed by atoms with van der Waals surface area (Å²) in [7, 11) is 0. The number of benzene rings is 1. The van der Waals surface area contributed by atoms with Crippen LogP contribution in [-0.2, 0) is 11.2 Å². The Morgan fingerprint density at radius 3 is 2.23 bits per heavy atom. The van der Waals surface area contributed by atoms with Crippen molar-refractivity contribution in [3.05, 3.63) is 58.3 Å². The highest BCUT2D eigenvalue weighted by atomic mass is 19.1. The van der Waals surface area contributed by atoms with Crippen molar-refractivity contribution in [1.82, 2.24) is 10.9 Å². The Kier molecular flexibility index (Phi) is 4.60. The summed E-state index contributed by atoms with van der Waals surface area (Å²) in [6, 6.07) is 5.60. The van der Waals surface area contributed by atoms with Gasteiger partial charge in [-0.2, -0.15) is 0 Å². The molecular formula is C16H17FN2O3. The Bertz CT molecular complexity index is 705. The van der Waals surface area contributed by atoms with E-state index in [-0.39, 0.29) is 12.2 Å². The molecule has 0 fully saturated rings. The van der Waals surface area contributed by atoms with Gasteiger partial charge in [-0.3, -0.25) is 20.4 Å². The standard InChI is InChI=1S/C16H17FN2O3/c1-9-10(2)22-11(3)15(9)16(21)19-18-14(20)8-12-4-6-13(17)7-5-12/h4-7H,8H2,1-3H3,(H,18,20)(H,19,21). The summed E-state index contributed by atoms with van der Waals surface area (Å²) in [5, 5.41) is 0. The van der Waals surface area contributed by atoms with Crippen molar-refractivity contribution in [2.75, 3.05) is 0 Å². The van der Waals surface area contributed by atoms with Crippen molar-refractivity contribution >= 4 is 11.8 Å². The van der Waals surface area contributed by atoms with Crippen LogP contribution in [0.4, 0.5) is 4.39 Å². The molecule has 1 aromatic heterocycles. The zero-order valence-corrected chi connectivity index (χ0v) is 12.6. The Morgan fingerprint density at radius 2 is 1.68 bits per heavy atom. The molecule has 0 aliphatic carbocycles. The number of halogens is 1. The van der Waals surface area contributed by atoms with Crippen LogP contribution in [0.5, 0.6) is 0 Å². The first-order valence-corrected chi connectivity index (χ1v) is 6.78. The molecule has 6 heteroatoms.